The molecule has 124 valence electrons. The third-order valence-corrected chi connectivity index (χ3v) is 6.31. The molecule has 0 fully saturated rings. The minimum absolute atomic E-state index is 0.396. The molecule has 0 bridgehead atoms. The molecule has 3 rings (SSSR count). The Morgan fingerprint density at radius 2 is 1.44 bits per heavy atom. The summed E-state index contributed by atoms with van der Waals surface area (Å²) in [5, 5.41) is 3.04. The summed E-state index contributed by atoms with van der Waals surface area (Å²) in [5.74, 6) is -0.396. The van der Waals surface area contributed by atoms with Gasteiger partial charge in [0.25, 0.3) is 0 Å². The molecule has 3 aromatic rings. The van der Waals surface area contributed by atoms with Crippen molar-refractivity contribution in [2.24, 2.45) is 0 Å². The van der Waals surface area contributed by atoms with Crippen molar-refractivity contribution >= 4 is 36.1 Å². The number of rotatable bonds is 5. The van der Waals surface area contributed by atoms with Gasteiger partial charge in [-0.25, -0.2) is 4.79 Å². The third-order valence-electron chi connectivity index (χ3n) is 3.83. The highest BCUT2D eigenvalue weighted by Gasteiger charge is 2.23. The summed E-state index contributed by atoms with van der Waals surface area (Å²) in [6.45, 7) is 0. The predicted octanol–water partition coefficient (Wildman–Crippen LogP) is 3.04. The van der Waals surface area contributed by atoms with Crippen LogP contribution in [-0.4, -0.2) is 19.4 Å². The van der Waals surface area contributed by atoms with E-state index in [1.165, 1.54) is 7.11 Å². The lowest BCUT2D eigenvalue weighted by molar-refractivity contribution is 0.0602. The van der Waals surface area contributed by atoms with Gasteiger partial charge in [0.15, 0.2) is 0 Å². The van der Waals surface area contributed by atoms with E-state index in [9.17, 15) is 9.59 Å². The number of carbonyl (C=O) groups is 2. The van der Waals surface area contributed by atoms with Crippen LogP contribution in [0.2, 0.25) is 0 Å². The molecule has 25 heavy (non-hydrogen) atoms. The lowest BCUT2D eigenvalue weighted by Gasteiger charge is -2.21. The molecule has 0 amide bonds. The minimum atomic E-state index is -0.987. The van der Waals surface area contributed by atoms with Crippen LogP contribution >= 0.6 is 7.92 Å². The molecular weight excluding hydrogens is 331 g/mol. The summed E-state index contributed by atoms with van der Waals surface area (Å²) in [6, 6.07) is 25.2. The summed E-state index contributed by atoms with van der Waals surface area (Å²) >= 11 is 0. The Balaban J connectivity index is 2.26. The Labute approximate surface area is 148 Å². The molecule has 0 aromatic heterocycles. The zero-order valence-electron chi connectivity index (χ0n) is 13.8. The van der Waals surface area contributed by atoms with Crippen molar-refractivity contribution in [2.75, 3.05) is 7.11 Å². The normalized spacial score (nSPS) is 10.5. The van der Waals surface area contributed by atoms with Crippen LogP contribution in [0.5, 0.6) is 0 Å². The monoisotopic (exact) mass is 348 g/mol. The van der Waals surface area contributed by atoms with E-state index < -0.39 is 13.9 Å². The zero-order valence-corrected chi connectivity index (χ0v) is 14.6. The van der Waals surface area contributed by atoms with E-state index in [4.69, 9.17) is 4.74 Å². The van der Waals surface area contributed by atoms with Crippen LogP contribution in [0.25, 0.3) is 0 Å². The first-order valence-electron chi connectivity index (χ1n) is 7.82. The quantitative estimate of drug-likeness (QED) is 0.404. The summed E-state index contributed by atoms with van der Waals surface area (Å²) in [5.41, 5.74) is 1.04. The van der Waals surface area contributed by atoms with Crippen LogP contribution in [0.1, 0.15) is 20.7 Å². The second-order valence-electron chi connectivity index (χ2n) is 5.39. The van der Waals surface area contributed by atoms with E-state index in [1.54, 1.807) is 18.2 Å². The van der Waals surface area contributed by atoms with Gasteiger partial charge in [0.05, 0.1) is 12.7 Å². The lowest BCUT2D eigenvalue weighted by atomic mass is 10.1. The Morgan fingerprint density at radius 1 is 0.880 bits per heavy atom. The molecule has 0 radical (unpaired) electrons. The highest BCUT2D eigenvalue weighted by atomic mass is 31.1. The maximum absolute atomic E-state index is 12.3. The highest BCUT2D eigenvalue weighted by molar-refractivity contribution is 7.80. The number of methoxy groups -OCH3 is 1. The summed E-state index contributed by atoms with van der Waals surface area (Å²) < 4.78 is 4.96. The highest BCUT2D eigenvalue weighted by Crippen LogP contribution is 2.34. The zero-order chi connectivity index (χ0) is 17.6. The number of carbonyl (C=O) groups excluding carboxylic acids is 2. The maximum Gasteiger partial charge on any atom is 0.338 e. The largest absolute Gasteiger partial charge is 0.465 e. The van der Waals surface area contributed by atoms with E-state index in [-0.39, 0.29) is 0 Å². The maximum atomic E-state index is 12.3. The van der Waals surface area contributed by atoms with Gasteiger partial charge in [-0.05, 0) is 30.7 Å². The van der Waals surface area contributed by atoms with Crippen molar-refractivity contribution in [1.29, 1.82) is 0 Å². The second-order valence-corrected chi connectivity index (χ2v) is 7.58. The van der Waals surface area contributed by atoms with Crippen molar-refractivity contribution in [1.82, 2.24) is 0 Å². The predicted molar refractivity (Wildman–Crippen MR) is 102 cm³/mol. The van der Waals surface area contributed by atoms with Crippen LogP contribution in [-0.2, 0) is 4.74 Å². The summed E-state index contributed by atoms with van der Waals surface area (Å²) in [6.07, 6.45) is 0.800. The van der Waals surface area contributed by atoms with Crippen molar-refractivity contribution in [3.05, 3.63) is 90.0 Å². The van der Waals surface area contributed by atoms with Gasteiger partial charge >= 0.3 is 5.97 Å². The van der Waals surface area contributed by atoms with Crippen molar-refractivity contribution in [3.63, 3.8) is 0 Å². The van der Waals surface area contributed by atoms with E-state index in [0.717, 1.165) is 22.2 Å². The molecule has 0 atom stereocenters. The van der Waals surface area contributed by atoms with Gasteiger partial charge < -0.3 is 4.74 Å². The first kappa shape index (κ1) is 17.1. The van der Waals surface area contributed by atoms with Crippen LogP contribution < -0.4 is 15.9 Å². The molecule has 0 spiro atoms. The first-order valence-corrected chi connectivity index (χ1v) is 9.16. The lowest BCUT2D eigenvalue weighted by Crippen LogP contribution is -2.26. The molecule has 4 heteroatoms. The smallest absolute Gasteiger partial charge is 0.338 e. The number of ether oxygens (including phenoxy) is 1. The van der Waals surface area contributed by atoms with E-state index in [1.807, 2.05) is 60.7 Å². The fraction of sp³-hybridized carbons (Fsp3) is 0.0476. The molecule has 0 aliphatic rings. The number of benzene rings is 3. The van der Waals surface area contributed by atoms with E-state index >= 15 is 0 Å². The van der Waals surface area contributed by atoms with Gasteiger partial charge in [0, 0.05) is 10.9 Å². The van der Waals surface area contributed by atoms with E-state index in [2.05, 4.69) is 0 Å². The standard InChI is InChI=1S/C21H17O3P/c1-24-21(23)19-13-12-16(15-22)14-20(19)25(17-8-4-2-5-9-17)18-10-6-3-7-11-18/h2-15H,1H3. The number of hydrogen-bond donors (Lipinski definition) is 0. The summed E-state index contributed by atoms with van der Waals surface area (Å²) in [4.78, 5) is 23.6. The van der Waals surface area contributed by atoms with Crippen LogP contribution in [0.3, 0.4) is 0 Å². The molecule has 3 nitrogen and oxygen atoms in total. The molecule has 0 saturated heterocycles. The second kappa shape index (κ2) is 7.87. The molecule has 0 N–H and O–H groups in total. The Morgan fingerprint density at radius 3 is 1.92 bits per heavy atom. The average molecular weight is 348 g/mol. The molecule has 0 saturated carbocycles. The van der Waals surface area contributed by atoms with Gasteiger partial charge in [0.2, 0.25) is 0 Å². The number of hydrogen-bond acceptors (Lipinski definition) is 3. The van der Waals surface area contributed by atoms with Crippen LogP contribution in [0.15, 0.2) is 78.9 Å². The minimum Gasteiger partial charge on any atom is -0.465 e. The van der Waals surface area contributed by atoms with Crippen molar-refractivity contribution in [2.45, 2.75) is 0 Å². The van der Waals surface area contributed by atoms with E-state index in [0.29, 0.717) is 11.1 Å². The number of aldehydes is 1. The SMILES string of the molecule is COC(=O)c1ccc(C=O)cc1P(c1ccccc1)c1ccccc1. The van der Waals surface area contributed by atoms with Gasteiger partial charge in [-0.15, -0.1) is 0 Å². The Hall–Kier alpha value is -2.77. The fourth-order valence-corrected chi connectivity index (χ4v) is 5.15. The summed E-state index contributed by atoms with van der Waals surface area (Å²) in [7, 11) is 0.382. The molecule has 0 aliphatic carbocycles. The van der Waals surface area contributed by atoms with Crippen LogP contribution in [0.4, 0.5) is 0 Å². The van der Waals surface area contributed by atoms with Gasteiger partial charge in [-0.1, -0.05) is 66.7 Å². The molecule has 0 aliphatic heterocycles. The van der Waals surface area contributed by atoms with Gasteiger partial charge in [0.1, 0.15) is 6.29 Å². The molecule has 0 unspecified atom stereocenters. The average Bonchev–Trinajstić information content (AvgIpc) is 2.69. The Bertz CT molecular complexity index is 837. The molecule has 3 aromatic carbocycles. The van der Waals surface area contributed by atoms with Gasteiger partial charge in [-0.3, -0.25) is 4.79 Å². The third kappa shape index (κ3) is 3.67. The van der Waals surface area contributed by atoms with Gasteiger partial charge in [-0.2, -0.15) is 0 Å². The Kier molecular flexibility index (Phi) is 5.37. The molecule has 0 heterocycles. The fourth-order valence-electron chi connectivity index (χ4n) is 2.67. The van der Waals surface area contributed by atoms with Crippen molar-refractivity contribution in [3.8, 4) is 0 Å². The van der Waals surface area contributed by atoms with Crippen LogP contribution in [0, 0.1) is 0 Å². The van der Waals surface area contributed by atoms with Crippen molar-refractivity contribution < 1.29 is 14.3 Å². The first-order chi connectivity index (χ1) is 12.2. The molecular formula is C21H17O3P. The number of esters is 1. The topological polar surface area (TPSA) is 43.4 Å².